The number of halogens is 1. The first-order valence-corrected chi connectivity index (χ1v) is 5.95. The molecule has 0 fully saturated rings. The minimum atomic E-state index is -0.278. The van der Waals surface area contributed by atoms with Gasteiger partial charge in [0.1, 0.15) is 5.76 Å². The highest BCUT2D eigenvalue weighted by Crippen LogP contribution is 2.12. The van der Waals surface area contributed by atoms with Crippen LogP contribution in [0.15, 0.2) is 21.5 Å². The van der Waals surface area contributed by atoms with Gasteiger partial charge in [-0.05, 0) is 12.1 Å². The Morgan fingerprint density at radius 2 is 2.53 bits per heavy atom. The molecule has 0 saturated carbocycles. The van der Waals surface area contributed by atoms with Crippen LogP contribution < -0.4 is 5.32 Å². The Balaban J connectivity index is 2.01. The number of aliphatic imine (C=N–C) groups is 1. The standard InChI is InChI=1S/C9H9ClN2O2S/c10-5-6-1-2-7(14-6)8(13)12-9-11-3-4-15-9/h1-2H,3-5H2,(H,11,12,13). The van der Waals surface area contributed by atoms with Gasteiger partial charge in [0, 0.05) is 5.75 Å². The zero-order valence-electron chi connectivity index (χ0n) is 7.83. The first-order valence-electron chi connectivity index (χ1n) is 4.43. The molecule has 15 heavy (non-hydrogen) atoms. The van der Waals surface area contributed by atoms with E-state index in [1.54, 1.807) is 12.1 Å². The van der Waals surface area contributed by atoms with Gasteiger partial charge in [-0.1, -0.05) is 11.8 Å². The predicted octanol–water partition coefficient (Wildman–Crippen LogP) is 1.85. The summed E-state index contributed by atoms with van der Waals surface area (Å²) >= 11 is 7.09. The summed E-state index contributed by atoms with van der Waals surface area (Å²) in [5.41, 5.74) is 0. The molecule has 0 bridgehead atoms. The molecule has 1 aromatic rings. The fourth-order valence-corrected chi connectivity index (χ4v) is 2.01. The topological polar surface area (TPSA) is 54.6 Å². The summed E-state index contributed by atoms with van der Waals surface area (Å²) in [4.78, 5) is 15.7. The van der Waals surface area contributed by atoms with Crippen LogP contribution in [0, 0.1) is 0 Å². The highest BCUT2D eigenvalue weighted by molar-refractivity contribution is 8.14. The van der Waals surface area contributed by atoms with Crippen LogP contribution in [0.2, 0.25) is 0 Å². The highest BCUT2D eigenvalue weighted by Gasteiger charge is 2.15. The third-order valence-corrected chi connectivity index (χ3v) is 2.98. The summed E-state index contributed by atoms with van der Waals surface area (Å²) < 4.78 is 5.20. The Morgan fingerprint density at radius 3 is 3.13 bits per heavy atom. The zero-order valence-corrected chi connectivity index (χ0v) is 9.40. The number of carbonyl (C=O) groups is 1. The summed E-state index contributed by atoms with van der Waals surface area (Å²) in [5, 5.41) is 3.33. The van der Waals surface area contributed by atoms with Gasteiger partial charge in [-0.15, -0.1) is 11.6 Å². The quantitative estimate of drug-likeness (QED) is 0.808. The summed E-state index contributed by atoms with van der Waals surface area (Å²) in [7, 11) is 0. The Hall–Kier alpha value is -0.940. The zero-order chi connectivity index (χ0) is 10.7. The molecule has 4 nitrogen and oxygen atoms in total. The second-order valence-electron chi connectivity index (χ2n) is 2.89. The van der Waals surface area contributed by atoms with Gasteiger partial charge in [-0.25, -0.2) is 0 Å². The number of hydrogen-bond acceptors (Lipinski definition) is 4. The Morgan fingerprint density at radius 1 is 1.67 bits per heavy atom. The molecule has 1 aliphatic heterocycles. The lowest BCUT2D eigenvalue weighted by atomic mass is 10.4. The van der Waals surface area contributed by atoms with Crippen molar-refractivity contribution in [3.63, 3.8) is 0 Å². The van der Waals surface area contributed by atoms with Crippen molar-refractivity contribution in [1.82, 2.24) is 5.32 Å². The number of carbonyl (C=O) groups excluding carboxylic acids is 1. The monoisotopic (exact) mass is 244 g/mol. The second kappa shape index (κ2) is 4.72. The first kappa shape index (κ1) is 10.6. The van der Waals surface area contributed by atoms with Gasteiger partial charge in [0.25, 0.3) is 5.91 Å². The van der Waals surface area contributed by atoms with Gasteiger partial charge in [-0.3, -0.25) is 15.1 Å². The lowest BCUT2D eigenvalue weighted by molar-refractivity contribution is 0.0949. The van der Waals surface area contributed by atoms with E-state index in [1.807, 2.05) is 0 Å². The van der Waals surface area contributed by atoms with Crippen molar-refractivity contribution in [2.24, 2.45) is 4.99 Å². The number of amides is 1. The normalized spacial score (nSPS) is 15.1. The molecule has 0 radical (unpaired) electrons. The second-order valence-corrected chi connectivity index (χ2v) is 4.24. The summed E-state index contributed by atoms with van der Waals surface area (Å²) in [6.07, 6.45) is 0. The molecule has 2 rings (SSSR count). The van der Waals surface area contributed by atoms with Crippen molar-refractivity contribution in [1.29, 1.82) is 0 Å². The predicted molar refractivity (Wildman–Crippen MR) is 60.5 cm³/mol. The number of nitrogens with one attached hydrogen (secondary N) is 1. The first-order chi connectivity index (χ1) is 7.29. The number of alkyl halides is 1. The third kappa shape index (κ3) is 2.54. The van der Waals surface area contributed by atoms with Crippen LogP contribution in [0.3, 0.4) is 0 Å². The Bertz CT molecular complexity index is 403. The van der Waals surface area contributed by atoms with Crippen molar-refractivity contribution in [3.8, 4) is 0 Å². The molecule has 2 heterocycles. The SMILES string of the molecule is O=C(NC1=NCCS1)c1ccc(CCl)o1. The van der Waals surface area contributed by atoms with Gasteiger partial charge in [0.2, 0.25) is 0 Å². The Kier molecular flexibility index (Phi) is 3.33. The molecule has 1 N–H and O–H groups in total. The van der Waals surface area contributed by atoms with Crippen molar-refractivity contribution < 1.29 is 9.21 Å². The molecule has 0 unspecified atom stereocenters. The number of hydrogen-bond donors (Lipinski definition) is 1. The van der Waals surface area contributed by atoms with Crippen molar-refractivity contribution in [2.75, 3.05) is 12.3 Å². The van der Waals surface area contributed by atoms with Gasteiger partial charge < -0.3 is 4.42 Å². The molecule has 0 spiro atoms. The van der Waals surface area contributed by atoms with Crippen LogP contribution in [0.5, 0.6) is 0 Å². The average molecular weight is 245 g/mol. The van der Waals surface area contributed by atoms with Crippen molar-refractivity contribution in [3.05, 3.63) is 23.7 Å². The molecule has 1 aromatic heterocycles. The van der Waals surface area contributed by atoms with Crippen LogP contribution in [-0.4, -0.2) is 23.4 Å². The fourth-order valence-electron chi connectivity index (χ4n) is 1.14. The van der Waals surface area contributed by atoms with E-state index in [9.17, 15) is 4.79 Å². The van der Waals surface area contributed by atoms with E-state index in [4.69, 9.17) is 16.0 Å². The van der Waals surface area contributed by atoms with E-state index in [0.29, 0.717) is 10.9 Å². The largest absolute Gasteiger partial charge is 0.455 e. The minimum Gasteiger partial charge on any atom is -0.455 e. The molecule has 80 valence electrons. The van der Waals surface area contributed by atoms with E-state index >= 15 is 0 Å². The maximum Gasteiger partial charge on any atom is 0.292 e. The maximum atomic E-state index is 11.6. The van der Waals surface area contributed by atoms with Gasteiger partial charge in [0.15, 0.2) is 10.9 Å². The van der Waals surface area contributed by atoms with Crippen LogP contribution >= 0.6 is 23.4 Å². The number of nitrogens with zero attached hydrogens (tertiary/aromatic N) is 1. The number of furan rings is 1. The molecule has 1 amide bonds. The molecular weight excluding hydrogens is 236 g/mol. The summed E-state index contributed by atoms with van der Waals surface area (Å²) in [5.74, 6) is 1.76. The van der Waals surface area contributed by atoms with E-state index in [2.05, 4.69) is 10.3 Å². The van der Waals surface area contributed by atoms with Gasteiger partial charge >= 0.3 is 0 Å². The molecule has 0 aliphatic carbocycles. The summed E-state index contributed by atoms with van der Waals surface area (Å²) in [6, 6.07) is 3.29. The molecule has 6 heteroatoms. The highest BCUT2D eigenvalue weighted by atomic mass is 35.5. The molecular formula is C9H9ClN2O2S. The van der Waals surface area contributed by atoms with Gasteiger partial charge in [-0.2, -0.15) is 0 Å². The van der Waals surface area contributed by atoms with E-state index < -0.39 is 0 Å². The fraction of sp³-hybridized carbons (Fsp3) is 0.333. The van der Waals surface area contributed by atoms with Crippen molar-refractivity contribution in [2.45, 2.75) is 5.88 Å². The number of thioether (sulfide) groups is 1. The number of amidine groups is 1. The smallest absolute Gasteiger partial charge is 0.292 e. The third-order valence-electron chi connectivity index (χ3n) is 1.82. The molecule has 0 atom stereocenters. The Labute approximate surface area is 96.1 Å². The van der Waals surface area contributed by atoms with Crippen molar-refractivity contribution >= 4 is 34.4 Å². The lowest BCUT2D eigenvalue weighted by Gasteiger charge is -2.00. The van der Waals surface area contributed by atoms with Gasteiger partial charge in [0.05, 0.1) is 12.4 Å². The van der Waals surface area contributed by atoms with Crippen LogP contribution in [0.1, 0.15) is 16.3 Å². The van der Waals surface area contributed by atoms with E-state index in [-0.39, 0.29) is 17.5 Å². The maximum absolute atomic E-state index is 11.6. The number of rotatable bonds is 2. The molecule has 0 saturated heterocycles. The van der Waals surface area contributed by atoms with E-state index in [0.717, 1.165) is 12.3 Å². The van der Waals surface area contributed by atoms with Crippen LogP contribution in [-0.2, 0) is 5.88 Å². The minimum absolute atomic E-state index is 0.265. The average Bonchev–Trinajstić information content (AvgIpc) is 2.86. The van der Waals surface area contributed by atoms with Crippen LogP contribution in [0.25, 0.3) is 0 Å². The van der Waals surface area contributed by atoms with Crippen LogP contribution in [0.4, 0.5) is 0 Å². The molecule has 0 aromatic carbocycles. The molecule has 1 aliphatic rings. The lowest BCUT2D eigenvalue weighted by Crippen LogP contribution is -2.26. The summed E-state index contributed by atoms with van der Waals surface area (Å²) in [6.45, 7) is 0.755. The van der Waals surface area contributed by atoms with E-state index in [1.165, 1.54) is 11.8 Å².